The zero-order chi connectivity index (χ0) is 25.6. The summed E-state index contributed by atoms with van der Waals surface area (Å²) in [5, 5.41) is 5.68. The predicted octanol–water partition coefficient (Wildman–Crippen LogP) is 3.32. The van der Waals surface area contributed by atoms with Gasteiger partial charge in [0.15, 0.2) is 0 Å². The molecule has 0 bridgehead atoms. The SMILES string of the molecule is CC(C)N1CCC(N(CC(=O)Nc2ccc(Cl)cn2)S(=O)(=O)CCNC(=O)c2ccc(Cl)s2)CC1. The molecule has 0 spiro atoms. The van der Waals surface area contributed by atoms with E-state index in [1.54, 1.807) is 24.3 Å². The first-order chi connectivity index (χ1) is 16.5. The highest BCUT2D eigenvalue weighted by Gasteiger charge is 2.34. The van der Waals surface area contributed by atoms with Gasteiger partial charge in [0.1, 0.15) is 5.82 Å². The van der Waals surface area contributed by atoms with Crippen molar-refractivity contribution in [2.75, 3.05) is 37.2 Å². The van der Waals surface area contributed by atoms with Gasteiger partial charge in [-0.2, -0.15) is 4.31 Å². The zero-order valence-electron chi connectivity index (χ0n) is 19.5. The molecule has 9 nitrogen and oxygen atoms in total. The van der Waals surface area contributed by atoms with E-state index >= 15 is 0 Å². The van der Waals surface area contributed by atoms with Crippen LogP contribution in [0.1, 0.15) is 36.4 Å². The third-order valence-corrected chi connectivity index (χ3v) is 9.05. The summed E-state index contributed by atoms with van der Waals surface area (Å²) in [5.41, 5.74) is 0. The van der Waals surface area contributed by atoms with E-state index in [-0.39, 0.29) is 36.6 Å². The van der Waals surface area contributed by atoms with E-state index in [1.807, 2.05) is 0 Å². The quantitative estimate of drug-likeness (QED) is 0.460. The van der Waals surface area contributed by atoms with Gasteiger partial charge in [-0.25, -0.2) is 13.4 Å². The molecule has 3 rings (SSSR count). The Balaban J connectivity index is 1.67. The lowest BCUT2D eigenvalue weighted by molar-refractivity contribution is -0.116. The lowest BCUT2D eigenvalue weighted by atomic mass is 10.0. The topological polar surface area (TPSA) is 112 Å². The van der Waals surface area contributed by atoms with E-state index in [4.69, 9.17) is 23.2 Å². The molecule has 192 valence electrons. The van der Waals surface area contributed by atoms with Crippen molar-refractivity contribution in [2.24, 2.45) is 0 Å². The van der Waals surface area contributed by atoms with E-state index in [2.05, 4.69) is 34.4 Å². The molecule has 1 saturated heterocycles. The van der Waals surface area contributed by atoms with Gasteiger partial charge < -0.3 is 15.5 Å². The van der Waals surface area contributed by atoms with Crippen LogP contribution >= 0.6 is 34.5 Å². The van der Waals surface area contributed by atoms with E-state index in [1.165, 1.54) is 10.5 Å². The minimum absolute atomic E-state index is 0.0849. The monoisotopic (exact) mass is 561 g/mol. The fourth-order valence-corrected chi connectivity index (χ4v) is 6.50. The number of anilines is 1. The van der Waals surface area contributed by atoms with Crippen LogP contribution < -0.4 is 10.6 Å². The fourth-order valence-electron chi connectivity index (χ4n) is 3.85. The van der Waals surface area contributed by atoms with Gasteiger partial charge in [0, 0.05) is 24.8 Å². The molecule has 2 N–H and O–H groups in total. The van der Waals surface area contributed by atoms with Crippen LogP contribution in [-0.4, -0.2) is 78.4 Å². The molecule has 2 amide bonds. The second-order valence-corrected chi connectivity index (χ2v) is 12.7. The Morgan fingerprint density at radius 3 is 2.49 bits per heavy atom. The zero-order valence-corrected chi connectivity index (χ0v) is 22.7. The smallest absolute Gasteiger partial charge is 0.261 e. The van der Waals surface area contributed by atoms with Gasteiger partial charge in [-0.05, 0) is 64.0 Å². The van der Waals surface area contributed by atoms with Crippen molar-refractivity contribution in [2.45, 2.75) is 38.8 Å². The van der Waals surface area contributed by atoms with Gasteiger partial charge in [-0.3, -0.25) is 9.59 Å². The van der Waals surface area contributed by atoms with Crippen molar-refractivity contribution in [3.8, 4) is 0 Å². The Hall–Kier alpha value is -1.76. The summed E-state index contributed by atoms with van der Waals surface area (Å²) < 4.78 is 28.4. The van der Waals surface area contributed by atoms with Crippen LogP contribution in [0.4, 0.5) is 5.82 Å². The van der Waals surface area contributed by atoms with Crippen molar-refractivity contribution in [1.29, 1.82) is 0 Å². The third-order valence-electron chi connectivity index (χ3n) is 5.73. The van der Waals surface area contributed by atoms with Crippen LogP contribution in [0.5, 0.6) is 0 Å². The van der Waals surface area contributed by atoms with Crippen molar-refractivity contribution < 1.29 is 18.0 Å². The summed E-state index contributed by atoms with van der Waals surface area (Å²) >= 11 is 12.8. The van der Waals surface area contributed by atoms with Gasteiger partial charge in [0.2, 0.25) is 15.9 Å². The molecule has 13 heteroatoms. The second kappa shape index (κ2) is 12.5. The number of carbonyl (C=O) groups excluding carboxylic acids is 2. The van der Waals surface area contributed by atoms with Crippen LogP contribution in [0.3, 0.4) is 0 Å². The number of amides is 2. The number of rotatable bonds is 10. The molecule has 0 atom stereocenters. The Bertz CT molecular complexity index is 1120. The van der Waals surface area contributed by atoms with Crippen LogP contribution in [0.25, 0.3) is 0 Å². The van der Waals surface area contributed by atoms with Crippen LogP contribution in [0.15, 0.2) is 30.5 Å². The molecular formula is C22H29Cl2N5O4S2. The summed E-state index contributed by atoms with van der Waals surface area (Å²) in [6.07, 6.45) is 2.63. The number of piperidine rings is 1. The summed E-state index contributed by atoms with van der Waals surface area (Å²) in [5.74, 6) is -0.921. The molecule has 0 radical (unpaired) electrons. The number of aromatic nitrogens is 1. The summed E-state index contributed by atoms with van der Waals surface area (Å²) in [6, 6.07) is 6.38. The molecule has 0 aliphatic carbocycles. The highest BCUT2D eigenvalue weighted by molar-refractivity contribution is 7.89. The molecular weight excluding hydrogens is 533 g/mol. The minimum atomic E-state index is -3.85. The number of nitrogens with zero attached hydrogens (tertiary/aromatic N) is 3. The Kier molecular flexibility index (Phi) is 9.91. The predicted molar refractivity (Wildman–Crippen MR) is 140 cm³/mol. The number of halogens is 2. The van der Waals surface area contributed by atoms with Crippen molar-refractivity contribution >= 4 is 62.2 Å². The third kappa shape index (κ3) is 8.12. The maximum Gasteiger partial charge on any atom is 0.261 e. The Labute approximate surface area is 219 Å². The highest BCUT2D eigenvalue weighted by atomic mass is 35.5. The second-order valence-electron chi connectivity index (χ2n) is 8.49. The van der Waals surface area contributed by atoms with Crippen LogP contribution in [0.2, 0.25) is 9.36 Å². The average Bonchev–Trinajstić information content (AvgIpc) is 3.25. The number of pyridine rings is 1. The maximum atomic E-state index is 13.3. The number of thiophene rings is 1. The van der Waals surface area contributed by atoms with E-state index < -0.39 is 15.9 Å². The van der Waals surface area contributed by atoms with Crippen molar-refractivity contribution in [1.82, 2.24) is 19.5 Å². The minimum Gasteiger partial charge on any atom is -0.350 e. The fraction of sp³-hybridized carbons (Fsp3) is 0.500. The van der Waals surface area contributed by atoms with Gasteiger partial charge in [-0.15, -0.1) is 11.3 Å². The molecule has 0 aromatic carbocycles. The number of nitrogens with one attached hydrogen (secondary N) is 2. The maximum absolute atomic E-state index is 13.3. The summed E-state index contributed by atoms with van der Waals surface area (Å²) in [4.78, 5) is 31.7. The Morgan fingerprint density at radius 2 is 1.91 bits per heavy atom. The first kappa shape index (κ1) is 27.8. The average molecular weight is 563 g/mol. The van der Waals surface area contributed by atoms with E-state index in [0.717, 1.165) is 24.4 Å². The first-order valence-corrected chi connectivity index (χ1v) is 14.4. The number of likely N-dealkylation sites (tertiary alicyclic amines) is 1. The molecule has 1 fully saturated rings. The van der Waals surface area contributed by atoms with Gasteiger partial charge in [0.05, 0.1) is 26.5 Å². The molecule has 2 aromatic heterocycles. The van der Waals surface area contributed by atoms with Gasteiger partial charge in [-0.1, -0.05) is 23.2 Å². The number of sulfonamides is 1. The number of hydrogen-bond donors (Lipinski definition) is 2. The lowest BCUT2D eigenvalue weighted by Crippen LogP contribution is -2.52. The molecule has 2 aromatic rings. The van der Waals surface area contributed by atoms with Crippen molar-refractivity contribution in [3.63, 3.8) is 0 Å². The standard InChI is InChI=1S/C22H29Cl2N5O4S2/c1-15(2)28-10-7-17(8-11-28)29(14-21(30)27-20-6-3-16(23)13-26-20)35(32,33)12-9-25-22(31)18-4-5-19(24)34-18/h3-6,13,15,17H,7-12,14H2,1-2H3,(H,25,31)(H,26,27,30). The molecule has 0 saturated carbocycles. The molecule has 35 heavy (non-hydrogen) atoms. The number of hydrogen-bond acceptors (Lipinski definition) is 7. The van der Waals surface area contributed by atoms with Gasteiger partial charge >= 0.3 is 0 Å². The summed E-state index contributed by atoms with van der Waals surface area (Å²) in [6.45, 7) is 5.26. The Morgan fingerprint density at radius 1 is 1.20 bits per heavy atom. The normalized spacial score (nSPS) is 15.5. The largest absolute Gasteiger partial charge is 0.350 e. The molecule has 0 unspecified atom stereocenters. The van der Waals surface area contributed by atoms with E-state index in [0.29, 0.717) is 33.1 Å². The number of carbonyl (C=O) groups is 2. The summed E-state index contributed by atoms with van der Waals surface area (Å²) in [7, 11) is -3.85. The highest BCUT2D eigenvalue weighted by Crippen LogP contribution is 2.23. The van der Waals surface area contributed by atoms with E-state index in [9.17, 15) is 18.0 Å². The molecule has 1 aliphatic rings. The van der Waals surface area contributed by atoms with Crippen LogP contribution in [-0.2, 0) is 14.8 Å². The first-order valence-electron chi connectivity index (χ1n) is 11.2. The van der Waals surface area contributed by atoms with Crippen LogP contribution in [0, 0.1) is 0 Å². The van der Waals surface area contributed by atoms with Gasteiger partial charge in [0.25, 0.3) is 5.91 Å². The molecule has 3 heterocycles. The van der Waals surface area contributed by atoms with Crippen molar-refractivity contribution in [3.05, 3.63) is 44.7 Å². The molecule has 1 aliphatic heterocycles. The lowest BCUT2D eigenvalue weighted by Gasteiger charge is -2.39.